The third-order valence-electron chi connectivity index (χ3n) is 3.55. The molecule has 24 heavy (non-hydrogen) atoms. The second kappa shape index (κ2) is 6.15. The molecule has 126 valence electrons. The first-order valence-electron chi connectivity index (χ1n) is 6.92. The van der Waals surface area contributed by atoms with Crippen molar-refractivity contribution in [3.63, 3.8) is 0 Å². The maximum atomic E-state index is 11.7. The van der Waals surface area contributed by atoms with E-state index >= 15 is 0 Å². The van der Waals surface area contributed by atoms with E-state index in [2.05, 4.69) is 0 Å². The van der Waals surface area contributed by atoms with Gasteiger partial charge in [-0.2, -0.15) is 0 Å². The molecule has 0 atom stereocenters. The van der Waals surface area contributed by atoms with Gasteiger partial charge in [-0.3, -0.25) is 10.1 Å². The van der Waals surface area contributed by atoms with Crippen LogP contribution < -0.4 is 4.90 Å². The lowest BCUT2D eigenvalue weighted by molar-refractivity contribution is -0.383. The summed E-state index contributed by atoms with van der Waals surface area (Å²) in [6.45, 7) is 0.467. The second-order valence-corrected chi connectivity index (χ2v) is 9.58. The summed E-state index contributed by atoms with van der Waals surface area (Å²) in [6.07, 6.45) is 1.05. The Morgan fingerprint density at radius 1 is 1.29 bits per heavy atom. The summed E-state index contributed by atoms with van der Waals surface area (Å²) in [5.74, 6) is 0. The molecule has 0 N–H and O–H groups in total. The summed E-state index contributed by atoms with van der Waals surface area (Å²) in [6, 6.07) is 9.10. The zero-order chi connectivity index (χ0) is 17.5. The van der Waals surface area contributed by atoms with Crippen molar-refractivity contribution in [2.24, 2.45) is 0 Å². The van der Waals surface area contributed by atoms with Gasteiger partial charge in [-0.1, -0.05) is 29.5 Å². The smallest absolute Gasteiger partial charge is 0.305 e. The highest BCUT2D eigenvalue weighted by Crippen LogP contribution is 2.40. The van der Waals surface area contributed by atoms with Gasteiger partial charge in [0.05, 0.1) is 4.92 Å². The van der Waals surface area contributed by atoms with Crippen LogP contribution in [0.15, 0.2) is 39.9 Å². The summed E-state index contributed by atoms with van der Waals surface area (Å²) in [5.41, 5.74) is 0.879. The number of hydrogen-bond acceptors (Lipinski definition) is 7. The van der Waals surface area contributed by atoms with Crippen LogP contribution in [0.1, 0.15) is 5.56 Å². The Morgan fingerprint density at radius 3 is 2.67 bits per heavy atom. The normalized spacial score (nSPS) is 11.8. The van der Waals surface area contributed by atoms with Gasteiger partial charge in [0.25, 0.3) is 0 Å². The maximum Gasteiger partial charge on any atom is 0.305 e. The molecule has 9 heteroatoms. The van der Waals surface area contributed by atoms with E-state index in [4.69, 9.17) is 0 Å². The van der Waals surface area contributed by atoms with E-state index in [1.54, 1.807) is 23.3 Å². The van der Waals surface area contributed by atoms with Crippen LogP contribution in [0.3, 0.4) is 0 Å². The largest absolute Gasteiger partial charge is 0.356 e. The fourth-order valence-electron chi connectivity index (χ4n) is 2.42. The van der Waals surface area contributed by atoms with Gasteiger partial charge in [-0.15, -0.1) is 11.3 Å². The first kappa shape index (κ1) is 16.9. The van der Waals surface area contributed by atoms with Crippen molar-refractivity contribution in [2.75, 3.05) is 18.2 Å². The molecule has 0 saturated heterocycles. The number of nitrogens with zero attached hydrogens (tertiary/aromatic N) is 2. The van der Waals surface area contributed by atoms with Gasteiger partial charge in [0.15, 0.2) is 14.8 Å². The molecule has 0 fully saturated rings. The van der Waals surface area contributed by atoms with Crippen LogP contribution >= 0.6 is 22.7 Å². The molecule has 1 aromatic carbocycles. The average Bonchev–Trinajstić information content (AvgIpc) is 3.11. The van der Waals surface area contributed by atoms with Crippen molar-refractivity contribution in [2.45, 2.75) is 10.8 Å². The van der Waals surface area contributed by atoms with Crippen LogP contribution in [0.4, 0.5) is 10.7 Å². The van der Waals surface area contributed by atoms with Gasteiger partial charge < -0.3 is 4.90 Å². The van der Waals surface area contributed by atoms with E-state index < -0.39 is 14.8 Å². The summed E-state index contributed by atoms with van der Waals surface area (Å²) in [4.78, 5) is 12.5. The van der Waals surface area contributed by atoms with Crippen LogP contribution in [0.2, 0.25) is 0 Å². The Labute approximate surface area is 147 Å². The Kier molecular flexibility index (Phi) is 4.33. The Balaban J connectivity index is 1.99. The third-order valence-corrected chi connectivity index (χ3v) is 7.60. The Morgan fingerprint density at radius 2 is 2.00 bits per heavy atom. The van der Waals surface area contributed by atoms with Crippen molar-refractivity contribution < 1.29 is 13.3 Å². The SMILES string of the molecule is CN(Cc1csc2ccccc12)c1sc(S(C)(=O)=O)cc1[N+](=O)[O-]. The number of benzene rings is 1. The summed E-state index contributed by atoms with van der Waals surface area (Å²) >= 11 is 2.55. The van der Waals surface area contributed by atoms with Gasteiger partial charge >= 0.3 is 5.69 Å². The summed E-state index contributed by atoms with van der Waals surface area (Å²) in [5, 5.41) is 14.8. The minimum Gasteiger partial charge on any atom is -0.356 e. The number of anilines is 1. The second-order valence-electron chi connectivity index (χ2n) is 5.40. The zero-order valence-corrected chi connectivity index (χ0v) is 15.4. The minimum absolute atomic E-state index is 0.00577. The van der Waals surface area contributed by atoms with Crippen molar-refractivity contribution in [3.05, 3.63) is 51.4 Å². The van der Waals surface area contributed by atoms with Gasteiger partial charge in [0.2, 0.25) is 0 Å². The molecular weight excluding hydrogens is 368 g/mol. The van der Waals surface area contributed by atoms with Crippen LogP contribution in [0, 0.1) is 10.1 Å². The van der Waals surface area contributed by atoms with Crippen LogP contribution in [-0.2, 0) is 16.4 Å². The van der Waals surface area contributed by atoms with Gasteiger partial charge in [-0.25, -0.2) is 8.42 Å². The topological polar surface area (TPSA) is 80.5 Å². The van der Waals surface area contributed by atoms with Crippen molar-refractivity contribution >= 4 is 53.3 Å². The molecule has 0 unspecified atom stereocenters. The molecule has 0 radical (unpaired) electrons. The quantitative estimate of drug-likeness (QED) is 0.494. The third kappa shape index (κ3) is 3.14. The zero-order valence-electron chi connectivity index (χ0n) is 12.9. The molecule has 2 heterocycles. The van der Waals surface area contributed by atoms with E-state index in [1.165, 1.54) is 0 Å². The van der Waals surface area contributed by atoms with E-state index in [9.17, 15) is 18.5 Å². The summed E-state index contributed by atoms with van der Waals surface area (Å²) in [7, 11) is -1.75. The minimum atomic E-state index is -3.48. The number of rotatable bonds is 5. The Hall–Kier alpha value is -1.97. The molecular formula is C15H14N2O4S3. The molecule has 3 aromatic rings. The van der Waals surface area contributed by atoms with E-state index in [-0.39, 0.29) is 9.90 Å². The van der Waals surface area contributed by atoms with Crippen LogP contribution in [0.5, 0.6) is 0 Å². The summed E-state index contributed by atoms with van der Waals surface area (Å²) < 4.78 is 24.6. The standard InChI is InChI=1S/C15H14N2O4S3/c1-16(8-10-9-22-13-6-4-3-5-11(10)13)15-12(17(18)19)7-14(23-15)24(2,20)21/h3-7,9H,8H2,1-2H3. The Bertz CT molecular complexity index is 1020. The van der Waals surface area contributed by atoms with Crippen molar-refractivity contribution in [3.8, 4) is 0 Å². The maximum absolute atomic E-state index is 11.7. The van der Waals surface area contributed by atoms with Gasteiger partial charge in [0.1, 0.15) is 4.21 Å². The molecule has 0 aliphatic rings. The van der Waals surface area contributed by atoms with Crippen molar-refractivity contribution in [1.29, 1.82) is 0 Å². The number of sulfone groups is 1. The number of thiophene rings is 2. The first-order valence-corrected chi connectivity index (χ1v) is 10.5. The molecule has 0 aliphatic heterocycles. The van der Waals surface area contributed by atoms with Crippen LogP contribution in [0.25, 0.3) is 10.1 Å². The lowest BCUT2D eigenvalue weighted by atomic mass is 10.2. The molecule has 0 saturated carbocycles. The highest BCUT2D eigenvalue weighted by molar-refractivity contribution is 7.92. The molecule has 0 bridgehead atoms. The lowest BCUT2D eigenvalue weighted by Crippen LogP contribution is -2.15. The molecule has 2 aromatic heterocycles. The number of hydrogen-bond donors (Lipinski definition) is 0. The van der Waals surface area contributed by atoms with Gasteiger partial charge in [-0.05, 0) is 22.4 Å². The lowest BCUT2D eigenvalue weighted by Gasteiger charge is -2.16. The molecule has 6 nitrogen and oxygen atoms in total. The number of fused-ring (bicyclic) bond motifs is 1. The molecule has 0 spiro atoms. The van der Waals surface area contributed by atoms with E-state index in [0.29, 0.717) is 11.5 Å². The number of nitro groups is 1. The van der Waals surface area contributed by atoms with Crippen LogP contribution in [-0.4, -0.2) is 26.6 Å². The first-order chi connectivity index (χ1) is 11.3. The molecule has 0 amide bonds. The highest BCUT2D eigenvalue weighted by atomic mass is 32.2. The van der Waals surface area contributed by atoms with Crippen molar-refractivity contribution in [1.82, 2.24) is 0 Å². The highest BCUT2D eigenvalue weighted by Gasteiger charge is 2.26. The monoisotopic (exact) mass is 382 g/mol. The predicted octanol–water partition coefficient (Wildman–Crippen LogP) is 3.91. The average molecular weight is 382 g/mol. The fourth-order valence-corrected chi connectivity index (χ4v) is 5.36. The molecule has 0 aliphatic carbocycles. The van der Waals surface area contributed by atoms with Gasteiger partial charge in [0, 0.05) is 30.6 Å². The van der Waals surface area contributed by atoms with E-state index in [1.807, 2.05) is 29.6 Å². The fraction of sp³-hybridized carbons (Fsp3) is 0.200. The predicted molar refractivity (Wildman–Crippen MR) is 98.0 cm³/mol. The molecule has 3 rings (SSSR count). The van der Waals surface area contributed by atoms with E-state index in [0.717, 1.165) is 39.3 Å².